The van der Waals surface area contributed by atoms with Crippen molar-refractivity contribution in [2.45, 2.75) is 33.1 Å². The molecule has 0 saturated heterocycles. The third-order valence-electron chi connectivity index (χ3n) is 4.13. The van der Waals surface area contributed by atoms with Crippen LogP contribution in [0.3, 0.4) is 0 Å². The van der Waals surface area contributed by atoms with Gasteiger partial charge in [0.2, 0.25) is 0 Å². The monoisotopic (exact) mass is 291 g/mol. The zero-order valence-corrected chi connectivity index (χ0v) is 12.9. The molecule has 1 heterocycles. The highest BCUT2D eigenvalue weighted by molar-refractivity contribution is 5.94. The molecule has 1 saturated carbocycles. The number of carbonyl (C=O) groups excluding carboxylic acids is 1. The number of pyridine rings is 1. The summed E-state index contributed by atoms with van der Waals surface area (Å²) in [6, 6.07) is 3.71. The maximum atomic E-state index is 12.1. The Balaban J connectivity index is 1.93. The van der Waals surface area contributed by atoms with Gasteiger partial charge in [0, 0.05) is 31.2 Å². The summed E-state index contributed by atoms with van der Waals surface area (Å²) in [5.74, 6) is 0.789. The predicted octanol–water partition coefficient (Wildman–Crippen LogP) is 1.82. The molecule has 0 radical (unpaired) electrons. The molecule has 1 aliphatic rings. The molecule has 0 aliphatic heterocycles. The molecule has 2 N–H and O–H groups in total. The van der Waals surface area contributed by atoms with E-state index >= 15 is 0 Å². The first kappa shape index (κ1) is 15.8. The van der Waals surface area contributed by atoms with Crippen LogP contribution >= 0.6 is 0 Å². The van der Waals surface area contributed by atoms with E-state index in [1.807, 2.05) is 12.1 Å². The summed E-state index contributed by atoms with van der Waals surface area (Å²) in [6.07, 6.45) is 4.68. The van der Waals surface area contributed by atoms with Gasteiger partial charge in [0.15, 0.2) is 0 Å². The molecule has 1 amide bonds. The molecule has 0 unspecified atom stereocenters. The summed E-state index contributed by atoms with van der Waals surface area (Å²) in [7, 11) is 0. The number of hydrogen-bond acceptors (Lipinski definition) is 4. The van der Waals surface area contributed by atoms with Crippen LogP contribution in [0.2, 0.25) is 0 Å². The summed E-state index contributed by atoms with van der Waals surface area (Å²) in [6.45, 7) is 6.80. The molecule has 2 rings (SSSR count). The minimum atomic E-state index is -0.118. The molecule has 0 bridgehead atoms. The molecule has 0 spiro atoms. The van der Waals surface area contributed by atoms with E-state index in [-0.39, 0.29) is 17.9 Å². The van der Waals surface area contributed by atoms with Crippen LogP contribution in [0.1, 0.15) is 43.5 Å². The van der Waals surface area contributed by atoms with Crippen molar-refractivity contribution in [3.8, 4) is 0 Å². The van der Waals surface area contributed by atoms with Crippen molar-refractivity contribution in [2.24, 2.45) is 5.41 Å². The van der Waals surface area contributed by atoms with Gasteiger partial charge in [-0.2, -0.15) is 0 Å². The number of nitrogens with one attached hydrogen (secondary N) is 1. The Morgan fingerprint density at radius 1 is 1.43 bits per heavy atom. The van der Waals surface area contributed by atoms with E-state index in [0.717, 1.165) is 38.2 Å². The number of amides is 1. The molecule has 1 aliphatic carbocycles. The summed E-state index contributed by atoms with van der Waals surface area (Å²) in [5.41, 5.74) is 0.503. The van der Waals surface area contributed by atoms with Crippen LogP contribution in [0, 0.1) is 5.41 Å². The molecule has 1 aromatic rings. The quantitative estimate of drug-likeness (QED) is 0.767. The SMILES string of the molecule is CCCN(CC)c1ccc(C(=O)NCC2(CO)CC2)cn1. The van der Waals surface area contributed by atoms with Crippen molar-refractivity contribution in [2.75, 3.05) is 31.1 Å². The first-order valence-corrected chi connectivity index (χ1v) is 7.74. The van der Waals surface area contributed by atoms with Crippen molar-refractivity contribution >= 4 is 11.7 Å². The maximum absolute atomic E-state index is 12.1. The summed E-state index contributed by atoms with van der Waals surface area (Å²) >= 11 is 0. The predicted molar refractivity (Wildman–Crippen MR) is 83.5 cm³/mol. The first-order chi connectivity index (χ1) is 10.1. The minimum absolute atomic E-state index is 0.0663. The van der Waals surface area contributed by atoms with Gasteiger partial charge in [-0.1, -0.05) is 6.92 Å². The molecule has 1 fully saturated rings. The molecule has 1 aromatic heterocycles. The molecule has 5 nitrogen and oxygen atoms in total. The van der Waals surface area contributed by atoms with Gasteiger partial charge in [0.1, 0.15) is 5.82 Å². The highest BCUT2D eigenvalue weighted by Crippen LogP contribution is 2.44. The van der Waals surface area contributed by atoms with Gasteiger partial charge >= 0.3 is 0 Å². The van der Waals surface area contributed by atoms with Crippen molar-refractivity contribution in [3.05, 3.63) is 23.9 Å². The Morgan fingerprint density at radius 2 is 2.19 bits per heavy atom. The highest BCUT2D eigenvalue weighted by Gasteiger charge is 2.42. The average molecular weight is 291 g/mol. The number of rotatable bonds is 8. The standard InChI is InChI=1S/C16H25N3O2/c1-3-9-19(4-2)14-6-5-13(10-17-14)15(21)18-11-16(12-20)7-8-16/h5-6,10,20H,3-4,7-9,11-12H2,1-2H3,(H,18,21). The van der Waals surface area contributed by atoms with Crippen molar-refractivity contribution < 1.29 is 9.90 Å². The normalized spacial score (nSPS) is 15.6. The van der Waals surface area contributed by atoms with Crippen LogP contribution in [0.5, 0.6) is 0 Å². The van der Waals surface area contributed by atoms with E-state index in [2.05, 4.69) is 29.0 Å². The van der Waals surface area contributed by atoms with E-state index in [4.69, 9.17) is 0 Å². The lowest BCUT2D eigenvalue weighted by Gasteiger charge is -2.21. The molecule has 5 heteroatoms. The summed E-state index contributed by atoms with van der Waals surface area (Å²) in [5, 5.41) is 12.1. The number of hydrogen-bond donors (Lipinski definition) is 2. The number of anilines is 1. The Morgan fingerprint density at radius 3 is 2.67 bits per heavy atom. The number of carbonyl (C=O) groups is 1. The van der Waals surface area contributed by atoms with Gasteiger partial charge in [-0.3, -0.25) is 4.79 Å². The lowest BCUT2D eigenvalue weighted by Crippen LogP contribution is -2.32. The van der Waals surface area contributed by atoms with E-state index in [0.29, 0.717) is 12.1 Å². The van der Waals surface area contributed by atoms with E-state index in [1.165, 1.54) is 0 Å². The number of nitrogens with zero attached hydrogens (tertiary/aromatic N) is 2. The number of aliphatic hydroxyl groups is 1. The summed E-state index contributed by atoms with van der Waals surface area (Å²) in [4.78, 5) is 18.6. The Bertz CT molecular complexity index is 469. The van der Waals surface area contributed by atoms with Gasteiger partial charge in [0.05, 0.1) is 12.2 Å². The Kier molecular flexibility index (Phi) is 5.17. The van der Waals surface area contributed by atoms with Crippen LogP contribution in [-0.2, 0) is 0 Å². The van der Waals surface area contributed by atoms with E-state index < -0.39 is 0 Å². The van der Waals surface area contributed by atoms with Gasteiger partial charge in [-0.15, -0.1) is 0 Å². The lowest BCUT2D eigenvalue weighted by atomic mass is 10.1. The third kappa shape index (κ3) is 3.94. The van der Waals surface area contributed by atoms with Crippen LogP contribution in [0.25, 0.3) is 0 Å². The van der Waals surface area contributed by atoms with Crippen LogP contribution < -0.4 is 10.2 Å². The van der Waals surface area contributed by atoms with Gasteiger partial charge < -0.3 is 15.3 Å². The number of aromatic nitrogens is 1. The largest absolute Gasteiger partial charge is 0.396 e. The fraction of sp³-hybridized carbons (Fsp3) is 0.625. The van der Waals surface area contributed by atoms with Gasteiger partial charge in [0.25, 0.3) is 5.91 Å². The zero-order chi connectivity index (χ0) is 15.3. The molecular formula is C16H25N3O2. The molecule has 116 valence electrons. The third-order valence-corrected chi connectivity index (χ3v) is 4.13. The molecular weight excluding hydrogens is 266 g/mol. The van der Waals surface area contributed by atoms with Crippen LogP contribution in [-0.4, -0.2) is 42.2 Å². The van der Waals surface area contributed by atoms with Crippen molar-refractivity contribution in [3.63, 3.8) is 0 Å². The molecule has 21 heavy (non-hydrogen) atoms. The fourth-order valence-electron chi connectivity index (χ4n) is 2.35. The van der Waals surface area contributed by atoms with E-state index in [1.54, 1.807) is 6.20 Å². The average Bonchev–Trinajstić information content (AvgIpc) is 3.31. The molecule has 0 atom stereocenters. The van der Waals surface area contributed by atoms with Gasteiger partial charge in [-0.05, 0) is 38.3 Å². The smallest absolute Gasteiger partial charge is 0.252 e. The maximum Gasteiger partial charge on any atom is 0.252 e. The van der Waals surface area contributed by atoms with Gasteiger partial charge in [-0.25, -0.2) is 4.98 Å². The lowest BCUT2D eigenvalue weighted by molar-refractivity contribution is 0.0935. The first-order valence-electron chi connectivity index (χ1n) is 7.74. The second-order valence-electron chi connectivity index (χ2n) is 5.83. The fourth-order valence-corrected chi connectivity index (χ4v) is 2.35. The zero-order valence-electron chi connectivity index (χ0n) is 12.9. The summed E-state index contributed by atoms with van der Waals surface area (Å²) < 4.78 is 0. The highest BCUT2D eigenvalue weighted by atomic mass is 16.3. The second kappa shape index (κ2) is 6.89. The van der Waals surface area contributed by atoms with E-state index in [9.17, 15) is 9.90 Å². The Hall–Kier alpha value is -1.62. The Labute approximate surface area is 126 Å². The topological polar surface area (TPSA) is 65.5 Å². The van der Waals surface area contributed by atoms with Crippen molar-refractivity contribution in [1.29, 1.82) is 0 Å². The molecule has 0 aromatic carbocycles. The van der Waals surface area contributed by atoms with Crippen molar-refractivity contribution in [1.82, 2.24) is 10.3 Å². The number of aliphatic hydroxyl groups excluding tert-OH is 1. The van der Waals surface area contributed by atoms with Crippen LogP contribution in [0.4, 0.5) is 5.82 Å². The van der Waals surface area contributed by atoms with Crippen LogP contribution in [0.15, 0.2) is 18.3 Å². The second-order valence-corrected chi connectivity index (χ2v) is 5.83. The minimum Gasteiger partial charge on any atom is -0.396 e.